The van der Waals surface area contributed by atoms with E-state index in [1.54, 1.807) is 11.1 Å². The fourth-order valence-corrected chi connectivity index (χ4v) is 4.43. The number of thioether (sulfide) groups is 1. The molecule has 0 radical (unpaired) electrons. The third-order valence-corrected chi connectivity index (χ3v) is 5.43. The zero-order valence-corrected chi connectivity index (χ0v) is 12.9. The Balaban J connectivity index is 1.76. The van der Waals surface area contributed by atoms with Crippen molar-refractivity contribution in [1.29, 1.82) is 0 Å². The SMILES string of the molecule is CC1(C)CN(Cc2cccc3c2CCNC3)CCS1. The second-order valence-corrected chi connectivity index (χ2v) is 8.10. The molecule has 0 amide bonds. The Morgan fingerprint density at radius 2 is 2.26 bits per heavy atom. The molecule has 1 saturated heterocycles. The Kier molecular flexibility index (Phi) is 3.88. The number of hydrogen-bond donors (Lipinski definition) is 1. The van der Waals surface area contributed by atoms with Crippen LogP contribution < -0.4 is 5.32 Å². The first-order valence-electron chi connectivity index (χ1n) is 7.31. The molecule has 2 aliphatic rings. The molecule has 1 fully saturated rings. The lowest BCUT2D eigenvalue weighted by Crippen LogP contribution is -2.42. The van der Waals surface area contributed by atoms with Crippen LogP contribution in [0, 0.1) is 0 Å². The Bertz CT molecular complexity index is 456. The van der Waals surface area contributed by atoms with Crippen molar-refractivity contribution in [3.05, 3.63) is 34.9 Å². The minimum absolute atomic E-state index is 0.411. The van der Waals surface area contributed by atoms with Crippen LogP contribution in [0.4, 0.5) is 0 Å². The first-order valence-corrected chi connectivity index (χ1v) is 8.29. The highest BCUT2D eigenvalue weighted by atomic mass is 32.2. The van der Waals surface area contributed by atoms with Crippen LogP contribution in [0.3, 0.4) is 0 Å². The molecular formula is C16H24N2S. The van der Waals surface area contributed by atoms with Gasteiger partial charge in [-0.1, -0.05) is 18.2 Å². The van der Waals surface area contributed by atoms with E-state index in [4.69, 9.17) is 0 Å². The molecule has 1 aromatic rings. The molecule has 0 unspecified atom stereocenters. The molecular weight excluding hydrogens is 252 g/mol. The van der Waals surface area contributed by atoms with E-state index in [2.05, 4.69) is 54.0 Å². The second kappa shape index (κ2) is 5.47. The Morgan fingerprint density at radius 1 is 1.37 bits per heavy atom. The molecule has 0 saturated carbocycles. The highest BCUT2D eigenvalue weighted by molar-refractivity contribution is 8.00. The maximum atomic E-state index is 3.47. The number of benzene rings is 1. The predicted octanol–water partition coefficient (Wildman–Crippen LogP) is 2.66. The van der Waals surface area contributed by atoms with E-state index in [0.29, 0.717) is 4.75 Å². The number of hydrogen-bond acceptors (Lipinski definition) is 3. The van der Waals surface area contributed by atoms with Gasteiger partial charge < -0.3 is 5.32 Å². The Morgan fingerprint density at radius 3 is 3.11 bits per heavy atom. The van der Waals surface area contributed by atoms with E-state index in [9.17, 15) is 0 Å². The normalized spacial score (nSPS) is 23.1. The van der Waals surface area contributed by atoms with Gasteiger partial charge in [-0.05, 0) is 43.5 Å². The first-order chi connectivity index (χ1) is 9.14. The third kappa shape index (κ3) is 3.15. The van der Waals surface area contributed by atoms with Crippen molar-refractivity contribution < 1.29 is 0 Å². The summed E-state index contributed by atoms with van der Waals surface area (Å²) in [5.74, 6) is 1.27. The molecule has 1 N–H and O–H groups in total. The molecule has 0 aromatic heterocycles. The van der Waals surface area contributed by atoms with E-state index >= 15 is 0 Å². The summed E-state index contributed by atoms with van der Waals surface area (Å²) in [6, 6.07) is 6.84. The summed E-state index contributed by atoms with van der Waals surface area (Å²) in [5, 5.41) is 3.47. The average molecular weight is 276 g/mol. The summed E-state index contributed by atoms with van der Waals surface area (Å²) in [6.45, 7) is 10.5. The van der Waals surface area contributed by atoms with Crippen LogP contribution in [0.25, 0.3) is 0 Å². The van der Waals surface area contributed by atoms with Crippen LogP contribution >= 0.6 is 11.8 Å². The Labute approximate surface area is 121 Å². The van der Waals surface area contributed by atoms with E-state index in [1.807, 2.05) is 0 Å². The maximum Gasteiger partial charge on any atom is 0.0237 e. The Hall–Kier alpha value is -0.510. The summed E-state index contributed by atoms with van der Waals surface area (Å²) in [6.07, 6.45) is 1.19. The van der Waals surface area contributed by atoms with Crippen molar-refractivity contribution in [2.24, 2.45) is 0 Å². The monoisotopic (exact) mass is 276 g/mol. The van der Waals surface area contributed by atoms with Crippen molar-refractivity contribution in [2.45, 2.75) is 38.1 Å². The molecule has 0 spiro atoms. The molecule has 19 heavy (non-hydrogen) atoms. The van der Waals surface area contributed by atoms with Crippen molar-refractivity contribution in [1.82, 2.24) is 10.2 Å². The lowest BCUT2D eigenvalue weighted by molar-refractivity contribution is 0.251. The van der Waals surface area contributed by atoms with Crippen molar-refractivity contribution in [3.63, 3.8) is 0 Å². The minimum Gasteiger partial charge on any atom is -0.312 e. The van der Waals surface area contributed by atoms with Gasteiger partial charge in [0.25, 0.3) is 0 Å². The molecule has 1 aromatic carbocycles. The van der Waals surface area contributed by atoms with Gasteiger partial charge in [-0.3, -0.25) is 4.90 Å². The molecule has 0 atom stereocenters. The van der Waals surface area contributed by atoms with Crippen molar-refractivity contribution in [2.75, 3.05) is 25.4 Å². The van der Waals surface area contributed by atoms with Crippen LogP contribution in [-0.4, -0.2) is 35.0 Å². The largest absolute Gasteiger partial charge is 0.312 e. The smallest absolute Gasteiger partial charge is 0.0237 e. The van der Waals surface area contributed by atoms with Crippen LogP contribution in [0.5, 0.6) is 0 Å². The molecule has 2 heterocycles. The minimum atomic E-state index is 0.411. The maximum absolute atomic E-state index is 3.47. The number of rotatable bonds is 2. The van der Waals surface area contributed by atoms with Crippen LogP contribution in [0.15, 0.2) is 18.2 Å². The number of fused-ring (bicyclic) bond motifs is 1. The van der Waals surface area contributed by atoms with Gasteiger partial charge in [0, 0.05) is 36.7 Å². The van der Waals surface area contributed by atoms with Gasteiger partial charge in [0.1, 0.15) is 0 Å². The summed E-state index contributed by atoms with van der Waals surface area (Å²) in [7, 11) is 0. The zero-order valence-electron chi connectivity index (χ0n) is 12.0. The van der Waals surface area contributed by atoms with Gasteiger partial charge in [-0.2, -0.15) is 11.8 Å². The molecule has 3 rings (SSSR count). The molecule has 0 aliphatic carbocycles. The molecule has 3 heteroatoms. The van der Waals surface area contributed by atoms with Crippen LogP contribution in [-0.2, 0) is 19.5 Å². The fraction of sp³-hybridized carbons (Fsp3) is 0.625. The van der Waals surface area contributed by atoms with Gasteiger partial charge in [-0.25, -0.2) is 0 Å². The summed E-state index contributed by atoms with van der Waals surface area (Å²) in [4.78, 5) is 2.63. The highest BCUT2D eigenvalue weighted by Gasteiger charge is 2.27. The van der Waals surface area contributed by atoms with Crippen LogP contribution in [0.1, 0.15) is 30.5 Å². The molecule has 0 bridgehead atoms. The summed E-state index contributed by atoms with van der Waals surface area (Å²) < 4.78 is 0.411. The zero-order chi connectivity index (χ0) is 13.3. The fourth-order valence-electron chi connectivity index (χ4n) is 3.25. The third-order valence-electron chi connectivity index (χ3n) is 4.14. The van der Waals surface area contributed by atoms with E-state index in [1.165, 1.54) is 30.8 Å². The van der Waals surface area contributed by atoms with E-state index in [-0.39, 0.29) is 0 Å². The van der Waals surface area contributed by atoms with Crippen molar-refractivity contribution in [3.8, 4) is 0 Å². The standard InChI is InChI=1S/C16H24N2S/c1-16(2)12-18(8-9-19-16)11-14-5-3-4-13-10-17-7-6-15(13)14/h3-5,17H,6-12H2,1-2H3. The van der Waals surface area contributed by atoms with Gasteiger partial charge in [-0.15, -0.1) is 0 Å². The molecule has 2 aliphatic heterocycles. The van der Waals surface area contributed by atoms with Crippen LogP contribution in [0.2, 0.25) is 0 Å². The van der Waals surface area contributed by atoms with E-state index < -0.39 is 0 Å². The van der Waals surface area contributed by atoms with Gasteiger partial charge in [0.05, 0.1) is 0 Å². The first kappa shape index (κ1) is 13.5. The van der Waals surface area contributed by atoms with Gasteiger partial charge >= 0.3 is 0 Å². The van der Waals surface area contributed by atoms with Gasteiger partial charge in [0.15, 0.2) is 0 Å². The quantitative estimate of drug-likeness (QED) is 0.894. The number of nitrogens with one attached hydrogen (secondary N) is 1. The lowest BCUT2D eigenvalue weighted by atomic mass is 9.95. The topological polar surface area (TPSA) is 15.3 Å². The predicted molar refractivity (Wildman–Crippen MR) is 83.7 cm³/mol. The van der Waals surface area contributed by atoms with E-state index in [0.717, 1.165) is 19.6 Å². The van der Waals surface area contributed by atoms with Crippen molar-refractivity contribution >= 4 is 11.8 Å². The summed E-state index contributed by atoms with van der Waals surface area (Å²) >= 11 is 2.11. The average Bonchev–Trinajstić information content (AvgIpc) is 2.38. The lowest BCUT2D eigenvalue weighted by Gasteiger charge is -2.38. The molecule has 104 valence electrons. The second-order valence-electron chi connectivity index (χ2n) is 6.30. The molecule has 2 nitrogen and oxygen atoms in total. The highest BCUT2D eigenvalue weighted by Crippen LogP contribution is 2.31. The van der Waals surface area contributed by atoms with Gasteiger partial charge in [0.2, 0.25) is 0 Å². The number of nitrogens with zero attached hydrogens (tertiary/aromatic N) is 1. The summed E-state index contributed by atoms with van der Waals surface area (Å²) in [5.41, 5.74) is 4.67.